The number of morpholine rings is 1. The number of methoxy groups -OCH3 is 1. The Kier molecular flexibility index (Phi) is 6.30. The van der Waals surface area contributed by atoms with E-state index in [1.54, 1.807) is 30.6 Å². The van der Waals surface area contributed by atoms with Gasteiger partial charge in [-0.25, -0.2) is 0 Å². The summed E-state index contributed by atoms with van der Waals surface area (Å²) >= 11 is 1.72. The Bertz CT molecular complexity index is 1070. The van der Waals surface area contributed by atoms with Crippen molar-refractivity contribution in [3.8, 4) is 5.75 Å². The highest BCUT2D eigenvalue weighted by atomic mass is 32.1. The van der Waals surface area contributed by atoms with Crippen LogP contribution in [0.5, 0.6) is 5.75 Å². The van der Waals surface area contributed by atoms with Crippen LogP contribution < -0.4 is 10.1 Å². The van der Waals surface area contributed by atoms with Crippen LogP contribution in [-0.4, -0.2) is 44.2 Å². The summed E-state index contributed by atoms with van der Waals surface area (Å²) in [5, 5.41) is 4.11. The SMILES string of the molecule is COc1cccc([C@@H](c2c(NC(=O)c3ccco3)sc3c2CCCC3)N2CCOCC2)c1. The number of hydrogen-bond acceptors (Lipinski definition) is 6. The lowest BCUT2D eigenvalue weighted by Crippen LogP contribution is -2.40. The van der Waals surface area contributed by atoms with Gasteiger partial charge in [0.2, 0.25) is 0 Å². The number of anilines is 1. The molecule has 0 saturated carbocycles. The van der Waals surface area contributed by atoms with Crippen molar-refractivity contribution >= 4 is 22.2 Å². The van der Waals surface area contributed by atoms with Crippen molar-refractivity contribution in [2.24, 2.45) is 0 Å². The van der Waals surface area contributed by atoms with E-state index < -0.39 is 0 Å². The molecule has 6 nitrogen and oxygen atoms in total. The molecule has 1 aliphatic heterocycles. The molecule has 0 radical (unpaired) electrons. The van der Waals surface area contributed by atoms with Crippen molar-refractivity contribution in [2.45, 2.75) is 31.7 Å². The Morgan fingerprint density at radius 2 is 2.00 bits per heavy atom. The molecule has 1 atom stereocenters. The van der Waals surface area contributed by atoms with E-state index in [2.05, 4.69) is 22.3 Å². The number of nitrogens with zero attached hydrogens (tertiary/aromatic N) is 1. The summed E-state index contributed by atoms with van der Waals surface area (Å²) in [5.41, 5.74) is 3.79. The molecule has 0 bridgehead atoms. The van der Waals surface area contributed by atoms with Crippen LogP contribution in [0.4, 0.5) is 5.00 Å². The van der Waals surface area contributed by atoms with Crippen LogP contribution in [0.2, 0.25) is 0 Å². The van der Waals surface area contributed by atoms with Gasteiger partial charge in [0, 0.05) is 23.5 Å². The van der Waals surface area contributed by atoms with Crippen LogP contribution in [0.25, 0.3) is 0 Å². The summed E-state index contributed by atoms with van der Waals surface area (Å²) in [7, 11) is 1.70. The lowest BCUT2D eigenvalue weighted by Gasteiger charge is -2.36. The summed E-state index contributed by atoms with van der Waals surface area (Å²) in [6, 6.07) is 11.8. The molecule has 3 aromatic rings. The largest absolute Gasteiger partial charge is 0.497 e. The summed E-state index contributed by atoms with van der Waals surface area (Å²) in [6.45, 7) is 3.11. The second-order valence-electron chi connectivity index (χ2n) is 8.21. The van der Waals surface area contributed by atoms with Gasteiger partial charge in [-0.1, -0.05) is 12.1 Å². The molecule has 5 rings (SSSR count). The molecule has 1 N–H and O–H groups in total. The molecule has 2 aromatic heterocycles. The molecule has 7 heteroatoms. The first kappa shape index (κ1) is 21.2. The van der Waals surface area contributed by atoms with Crippen molar-refractivity contribution in [3.63, 3.8) is 0 Å². The minimum absolute atomic E-state index is 0.0269. The van der Waals surface area contributed by atoms with Crippen LogP contribution in [0.3, 0.4) is 0 Å². The third-order valence-electron chi connectivity index (χ3n) is 6.28. The number of hydrogen-bond donors (Lipinski definition) is 1. The average Bonchev–Trinajstić information content (AvgIpc) is 3.49. The number of furan rings is 1. The number of rotatable bonds is 6. The first-order chi connectivity index (χ1) is 15.7. The fourth-order valence-corrected chi connectivity index (χ4v) is 6.07. The van der Waals surface area contributed by atoms with Crippen LogP contribution in [-0.2, 0) is 17.6 Å². The molecular formula is C25H28N2O4S. The molecule has 2 aliphatic rings. The van der Waals surface area contributed by atoms with Crippen LogP contribution in [0, 0.1) is 0 Å². The van der Waals surface area contributed by atoms with E-state index in [0.29, 0.717) is 19.0 Å². The van der Waals surface area contributed by atoms with Crippen molar-refractivity contribution < 1.29 is 18.7 Å². The molecule has 1 fully saturated rings. The predicted molar refractivity (Wildman–Crippen MR) is 125 cm³/mol. The van der Waals surface area contributed by atoms with E-state index in [1.807, 2.05) is 12.1 Å². The van der Waals surface area contributed by atoms with Gasteiger partial charge in [0.25, 0.3) is 5.91 Å². The molecular weight excluding hydrogens is 424 g/mol. The Morgan fingerprint density at radius 1 is 1.16 bits per heavy atom. The third-order valence-corrected chi connectivity index (χ3v) is 7.50. The molecule has 32 heavy (non-hydrogen) atoms. The van der Waals surface area contributed by atoms with Crippen molar-refractivity contribution in [1.29, 1.82) is 0 Å². The zero-order valence-corrected chi connectivity index (χ0v) is 19.1. The lowest BCUT2D eigenvalue weighted by molar-refractivity contribution is 0.0239. The molecule has 1 saturated heterocycles. The first-order valence-corrected chi connectivity index (χ1v) is 12.0. The molecule has 1 aromatic carbocycles. The van der Waals surface area contributed by atoms with Gasteiger partial charge in [-0.05, 0) is 61.1 Å². The smallest absolute Gasteiger partial charge is 0.291 e. The monoisotopic (exact) mass is 452 g/mol. The van der Waals surface area contributed by atoms with Crippen LogP contribution >= 0.6 is 11.3 Å². The lowest BCUT2D eigenvalue weighted by atomic mass is 9.88. The van der Waals surface area contributed by atoms with Crippen molar-refractivity contribution in [2.75, 3.05) is 38.7 Å². The second kappa shape index (κ2) is 9.48. The van der Waals surface area contributed by atoms with E-state index in [4.69, 9.17) is 13.9 Å². The van der Waals surface area contributed by atoms with Gasteiger partial charge in [0.15, 0.2) is 5.76 Å². The Morgan fingerprint density at radius 3 is 2.78 bits per heavy atom. The Hall–Kier alpha value is -2.61. The number of thiophene rings is 1. The predicted octanol–water partition coefficient (Wildman–Crippen LogP) is 4.90. The Balaban J connectivity index is 1.62. The second-order valence-corrected chi connectivity index (χ2v) is 9.32. The standard InChI is InChI=1S/C25H28N2O4S/c1-29-18-7-4-6-17(16-18)23(27-11-14-30-15-12-27)22-19-8-2-3-10-21(19)32-25(22)26-24(28)20-9-5-13-31-20/h4-7,9,13,16,23H,2-3,8,10-12,14-15H2,1H3,(H,26,28)/t23-/m0/s1. The van der Waals surface area contributed by atoms with Gasteiger partial charge in [0.05, 0.1) is 32.6 Å². The van der Waals surface area contributed by atoms with Gasteiger partial charge in [-0.3, -0.25) is 9.69 Å². The minimum Gasteiger partial charge on any atom is -0.497 e. The van der Waals surface area contributed by atoms with Crippen LogP contribution in [0.15, 0.2) is 47.1 Å². The zero-order valence-electron chi connectivity index (χ0n) is 18.3. The van der Waals surface area contributed by atoms with Crippen LogP contribution in [0.1, 0.15) is 51.0 Å². The zero-order chi connectivity index (χ0) is 21.9. The van der Waals surface area contributed by atoms with E-state index in [1.165, 1.54) is 40.7 Å². The number of nitrogens with one attached hydrogen (secondary N) is 1. The maximum atomic E-state index is 12.9. The summed E-state index contributed by atoms with van der Waals surface area (Å²) in [6.07, 6.45) is 6.01. The van der Waals surface area contributed by atoms with E-state index in [-0.39, 0.29) is 11.9 Å². The van der Waals surface area contributed by atoms with E-state index >= 15 is 0 Å². The summed E-state index contributed by atoms with van der Waals surface area (Å²) in [4.78, 5) is 16.8. The van der Waals surface area contributed by atoms with Gasteiger partial charge >= 0.3 is 0 Å². The van der Waals surface area contributed by atoms with Gasteiger partial charge in [-0.2, -0.15) is 0 Å². The number of fused-ring (bicyclic) bond motifs is 1. The third kappa shape index (κ3) is 4.20. The number of carbonyl (C=O) groups is 1. The normalized spacial score (nSPS) is 17.5. The average molecular weight is 453 g/mol. The highest BCUT2D eigenvalue weighted by Gasteiger charge is 2.33. The summed E-state index contributed by atoms with van der Waals surface area (Å²) < 4.78 is 16.6. The number of benzene rings is 1. The molecule has 168 valence electrons. The number of carbonyl (C=O) groups excluding carboxylic acids is 1. The maximum absolute atomic E-state index is 12.9. The fourth-order valence-electron chi connectivity index (χ4n) is 4.75. The highest BCUT2D eigenvalue weighted by molar-refractivity contribution is 7.16. The quantitative estimate of drug-likeness (QED) is 0.576. The topological polar surface area (TPSA) is 63.9 Å². The minimum atomic E-state index is -0.207. The molecule has 0 unspecified atom stereocenters. The van der Waals surface area contributed by atoms with Gasteiger partial charge < -0.3 is 19.2 Å². The molecule has 3 heterocycles. The van der Waals surface area contributed by atoms with Gasteiger partial charge in [0.1, 0.15) is 10.8 Å². The molecule has 1 aliphatic carbocycles. The number of ether oxygens (including phenoxy) is 2. The van der Waals surface area contributed by atoms with Crippen molar-refractivity contribution in [3.05, 3.63) is 70.0 Å². The highest BCUT2D eigenvalue weighted by Crippen LogP contribution is 2.46. The van der Waals surface area contributed by atoms with Gasteiger partial charge in [-0.15, -0.1) is 11.3 Å². The number of amides is 1. The van der Waals surface area contributed by atoms with E-state index in [0.717, 1.165) is 36.7 Å². The van der Waals surface area contributed by atoms with E-state index in [9.17, 15) is 4.79 Å². The Labute approximate surface area is 192 Å². The maximum Gasteiger partial charge on any atom is 0.291 e. The summed E-state index contributed by atoms with van der Waals surface area (Å²) in [5.74, 6) is 0.957. The first-order valence-electron chi connectivity index (χ1n) is 11.2. The molecule has 0 spiro atoms. The number of aryl methyl sites for hydroxylation is 1. The fraction of sp³-hybridized carbons (Fsp3) is 0.400. The molecule has 1 amide bonds. The van der Waals surface area contributed by atoms with Crippen molar-refractivity contribution in [1.82, 2.24) is 4.90 Å².